The molecule has 1 heterocycles. The van der Waals surface area contributed by atoms with Gasteiger partial charge in [-0.1, -0.05) is 22.0 Å². The molecular weight excluding hydrogens is 372 g/mol. The molecule has 1 aromatic heterocycles. The van der Waals surface area contributed by atoms with Gasteiger partial charge in [-0.3, -0.25) is 9.59 Å². The van der Waals surface area contributed by atoms with Gasteiger partial charge in [-0.05, 0) is 45.0 Å². The number of hydrogen-bond donors (Lipinski definition) is 1. The van der Waals surface area contributed by atoms with Gasteiger partial charge in [0.05, 0.1) is 18.6 Å². The molecule has 0 atom stereocenters. The van der Waals surface area contributed by atoms with E-state index in [0.29, 0.717) is 12.2 Å². The Hall–Kier alpha value is -2.08. The number of amides is 1. The predicted octanol–water partition coefficient (Wildman–Crippen LogP) is 3.54. The van der Waals surface area contributed by atoms with Crippen molar-refractivity contribution in [2.75, 3.05) is 13.2 Å². The molecular formula is C18H21BrN2O3. The molecule has 1 N–H and O–H groups in total. The average molecular weight is 393 g/mol. The Bertz CT molecular complexity index is 753. The molecule has 0 radical (unpaired) electrons. The number of benzene rings is 1. The fourth-order valence-corrected chi connectivity index (χ4v) is 3.00. The zero-order valence-corrected chi connectivity index (χ0v) is 15.6. The van der Waals surface area contributed by atoms with E-state index in [1.165, 1.54) is 0 Å². The number of halogens is 1. The van der Waals surface area contributed by atoms with Crippen molar-refractivity contribution in [1.82, 2.24) is 9.88 Å². The van der Waals surface area contributed by atoms with Crippen LogP contribution in [-0.4, -0.2) is 29.6 Å². The smallest absolute Gasteiger partial charge is 0.307 e. The van der Waals surface area contributed by atoms with Crippen LogP contribution in [0, 0.1) is 13.8 Å². The molecule has 0 aliphatic carbocycles. The van der Waals surface area contributed by atoms with Crippen LogP contribution in [-0.2, 0) is 9.53 Å². The zero-order chi connectivity index (χ0) is 17.7. The highest BCUT2D eigenvalue weighted by molar-refractivity contribution is 9.10. The molecule has 6 heteroatoms. The van der Waals surface area contributed by atoms with E-state index in [9.17, 15) is 9.59 Å². The Kier molecular flexibility index (Phi) is 6.20. The van der Waals surface area contributed by atoms with E-state index in [1.54, 1.807) is 6.92 Å². The Labute approximate surface area is 150 Å². The van der Waals surface area contributed by atoms with Gasteiger partial charge in [0.1, 0.15) is 0 Å². The van der Waals surface area contributed by atoms with E-state index in [0.717, 1.165) is 21.5 Å². The van der Waals surface area contributed by atoms with Crippen LogP contribution in [0.4, 0.5) is 0 Å². The summed E-state index contributed by atoms with van der Waals surface area (Å²) in [5, 5.41) is 2.77. The number of aryl methyl sites for hydroxylation is 1. The van der Waals surface area contributed by atoms with E-state index in [1.807, 2.05) is 48.7 Å². The summed E-state index contributed by atoms with van der Waals surface area (Å²) in [6.45, 7) is 6.24. The van der Waals surface area contributed by atoms with Crippen molar-refractivity contribution < 1.29 is 14.3 Å². The summed E-state index contributed by atoms with van der Waals surface area (Å²) >= 11 is 3.47. The van der Waals surface area contributed by atoms with Crippen molar-refractivity contribution in [1.29, 1.82) is 0 Å². The minimum absolute atomic E-state index is 0.171. The minimum atomic E-state index is -0.308. The Morgan fingerprint density at radius 1 is 1.25 bits per heavy atom. The van der Waals surface area contributed by atoms with Crippen LogP contribution < -0.4 is 5.32 Å². The molecule has 0 saturated carbocycles. The van der Waals surface area contributed by atoms with Gasteiger partial charge in [0.25, 0.3) is 5.91 Å². The second-order valence-electron chi connectivity index (χ2n) is 5.41. The Balaban J connectivity index is 2.13. The monoisotopic (exact) mass is 392 g/mol. The summed E-state index contributed by atoms with van der Waals surface area (Å²) in [7, 11) is 0. The summed E-state index contributed by atoms with van der Waals surface area (Å²) in [6.07, 6.45) is 0.171. The van der Waals surface area contributed by atoms with Gasteiger partial charge in [0.2, 0.25) is 0 Å². The van der Waals surface area contributed by atoms with Crippen molar-refractivity contribution >= 4 is 27.8 Å². The molecule has 5 nitrogen and oxygen atoms in total. The summed E-state index contributed by atoms with van der Waals surface area (Å²) in [4.78, 5) is 23.7. The van der Waals surface area contributed by atoms with Crippen LogP contribution in [0.2, 0.25) is 0 Å². The molecule has 0 unspecified atom stereocenters. The molecule has 0 aliphatic heterocycles. The van der Waals surface area contributed by atoms with Gasteiger partial charge in [0, 0.05) is 28.1 Å². The first-order chi connectivity index (χ1) is 11.4. The number of aromatic nitrogens is 1. The van der Waals surface area contributed by atoms with E-state index in [2.05, 4.69) is 21.2 Å². The van der Waals surface area contributed by atoms with Gasteiger partial charge >= 0.3 is 5.97 Å². The molecule has 24 heavy (non-hydrogen) atoms. The van der Waals surface area contributed by atoms with E-state index >= 15 is 0 Å². The van der Waals surface area contributed by atoms with Crippen LogP contribution in [0.1, 0.15) is 35.1 Å². The predicted molar refractivity (Wildman–Crippen MR) is 96.5 cm³/mol. The minimum Gasteiger partial charge on any atom is -0.466 e. The van der Waals surface area contributed by atoms with Crippen molar-refractivity contribution in [3.8, 4) is 5.69 Å². The lowest BCUT2D eigenvalue weighted by atomic mass is 10.2. The van der Waals surface area contributed by atoms with Crippen molar-refractivity contribution in [2.45, 2.75) is 27.2 Å². The highest BCUT2D eigenvalue weighted by Gasteiger charge is 2.16. The first-order valence-electron chi connectivity index (χ1n) is 7.82. The fourth-order valence-electron chi connectivity index (χ4n) is 2.61. The van der Waals surface area contributed by atoms with Crippen molar-refractivity contribution in [3.63, 3.8) is 0 Å². The third-order valence-corrected chi connectivity index (χ3v) is 4.16. The normalized spacial score (nSPS) is 10.5. The lowest BCUT2D eigenvalue weighted by Crippen LogP contribution is -2.27. The van der Waals surface area contributed by atoms with E-state index < -0.39 is 0 Å². The van der Waals surface area contributed by atoms with Crippen LogP contribution >= 0.6 is 15.9 Å². The summed E-state index contributed by atoms with van der Waals surface area (Å²) in [6, 6.07) is 9.77. The van der Waals surface area contributed by atoms with Gasteiger partial charge in [0.15, 0.2) is 0 Å². The van der Waals surface area contributed by atoms with Crippen molar-refractivity contribution in [2.24, 2.45) is 0 Å². The summed E-state index contributed by atoms with van der Waals surface area (Å²) in [5.41, 5.74) is 3.43. The molecule has 0 saturated heterocycles. The topological polar surface area (TPSA) is 60.3 Å². The van der Waals surface area contributed by atoms with Crippen molar-refractivity contribution in [3.05, 3.63) is 51.8 Å². The molecule has 1 amide bonds. The van der Waals surface area contributed by atoms with Gasteiger partial charge in [-0.25, -0.2) is 0 Å². The molecule has 2 aromatic rings. The van der Waals surface area contributed by atoms with Gasteiger partial charge in [-0.2, -0.15) is 0 Å². The van der Waals surface area contributed by atoms with Crippen LogP contribution in [0.25, 0.3) is 5.69 Å². The Morgan fingerprint density at radius 2 is 2.00 bits per heavy atom. The van der Waals surface area contributed by atoms with Crippen LogP contribution in [0.15, 0.2) is 34.8 Å². The quantitative estimate of drug-likeness (QED) is 0.764. The molecule has 0 aliphatic rings. The molecule has 0 fully saturated rings. The molecule has 1 aromatic carbocycles. The highest BCUT2D eigenvalue weighted by Crippen LogP contribution is 2.23. The van der Waals surface area contributed by atoms with Gasteiger partial charge < -0.3 is 14.6 Å². The number of carbonyl (C=O) groups is 2. The maximum Gasteiger partial charge on any atom is 0.307 e. The zero-order valence-electron chi connectivity index (χ0n) is 14.1. The number of nitrogens with zero attached hydrogens (tertiary/aromatic N) is 1. The number of rotatable bonds is 6. The molecule has 0 bridgehead atoms. The second-order valence-corrected chi connectivity index (χ2v) is 6.33. The summed E-state index contributed by atoms with van der Waals surface area (Å²) < 4.78 is 7.86. The maximum absolute atomic E-state index is 12.4. The Morgan fingerprint density at radius 3 is 2.67 bits per heavy atom. The number of ether oxygens (including phenoxy) is 1. The van der Waals surface area contributed by atoms with E-state index in [4.69, 9.17) is 4.74 Å². The first kappa shape index (κ1) is 18.3. The molecule has 128 valence electrons. The van der Waals surface area contributed by atoms with Crippen LogP contribution in [0.5, 0.6) is 0 Å². The SMILES string of the molecule is CCOC(=O)CCNC(=O)c1cc(C)n(-c2cccc(Br)c2)c1C. The number of hydrogen-bond acceptors (Lipinski definition) is 3. The molecule has 0 spiro atoms. The lowest BCUT2D eigenvalue weighted by molar-refractivity contribution is -0.142. The van der Waals surface area contributed by atoms with Crippen LogP contribution in [0.3, 0.4) is 0 Å². The third kappa shape index (κ3) is 4.26. The lowest BCUT2D eigenvalue weighted by Gasteiger charge is -2.10. The summed E-state index contributed by atoms with van der Waals surface area (Å²) in [5.74, 6) is -0.494. The number of esters is 1. The number of carbonyl (C=O) groups excluding carboxylic acids is 2. The molecule has 2 rings (SSSR count). The number of nitrogens with one attached hydrogen (secondary N) is 1. The first-order valence-corrected chi connectivity index (χ1v) is 8.62. The van der Waals surface area contributed by atoms with Gasteiger partial charge in [-0.15, -0.1) is 0 Å². The van der Waals surface area contributed by atoms with E-state index in [-0.39, 0.29) is 24.8 Å². The largest absolute Gasteiger partial charge is 0.466 e. The standard InChI is InChI=1S/C18H21BrN2O3/c1-4-24-17(22)8-9-20-18(23)16-10-12(2)21(13(16)3)15-7-5-6-14(19)11-15/h5-7,10-11H,4,8-9H2,1-3H3,(H,20,23). The fraction of sp³-hybridized carbons (Fsp3) is 0.333. The average Bonchev–Trinajstić information content (AvgIpc) is 2.82. The highest BCUT2D eigenvalue weighted by atomic mass is 79.9. The third-order valence-electron chi connectivity index (χ3n) is 3.66. The maximum atomic E-state index is 12.4. The second kappa shape index (κ2) is 8.15.